The maximum Gasteiger partial charge on any atom is 0.134 e. The fourth-order valence-corrected chi connectivity index (χ4v) is 1.39. The van der Waals surface area contributed by atoms with E-state index in [1.807, 2.05) is 30.1 Å². The second kappa shape index (κ2) is 4.57. The van der Waals surface area contributed by atoms with Gasteiger partial charge in [0, 0.05) is 19.3 Å². The third-order valence-corrected chi connectivity index (χ3v) is 2.19. The molecule has 0 saturated carbocycles. The number of rotatable bonds is 3. The molecular weight excluding hydrogens is 202 g/mol. The zero-order valence-corrected chi connectivity index (χ0v) is 9.04. The number of nitrogen functional groups attached to an aromatic ring is 1. The summed E-state index contributed by atoms with van der Waals surface area (Å²) in [6.45, 7) is 0.692. The van der Waals surface area contributed by atoms with Crippen molar-refractivity contribution in [3.63, 3.8) is 0 Å². The van der Waals surface area contributed by atoms with Crippen molar-refractivity contribution < 1.29 is 0 Å². The highest BCUT2D eigenvalue weighted by Gasteiger charge is 2.04. The minimum absolute atomic E-state index is 0.470. The van der Waals surface area contributed by atoms with Gasteiger partial charge in [0.2, 0.25) is 0 Å². The van der Waals surface area contributed by atoms with Gasteiger partial charge in [-0.15, -0.1) is 0 Å². The summed E-state index contributed by atoms with van der Waals surface area (Å²) < 4.78 is 0. The van der Waals surface area contributed by atoms with Gasteiger partial charge >= 0.3 is 0 Å². The molecule has 0 bridgehead atoms. The van der Waals surface area contributed by atoms with Gasteiger partial charge in [0.05, 0.1) is 12.2 Å². The number of hydrogen-bond acceptors (Lipinski definition) is 5. The molecule has 0 fully saturated rings. The molecule has 2 N–H and O–H groups in total. The van der Waals surface area contributed by atoms with E-state index >= 15 is 0 Å². The van der Waals surface area contributed by atoms with Crippen molar-refractivity contribution in [1.82, 2.24) is 15.0 Å². The van der Waals surface area contributed by atoms with Crippen molar-refractivity contribution in [2.75, 3.05) is 17.7 Å². The fourth-order valence-electron chi connectivity index (χ4n) is 1.39. The first kappa shape index (κ1) is 10.4. The van der Waals surface area contributed by atoms with Crippen LogP contribution in [0.15, 0.2) is 36.8 Å². The molecule has 0 unspecified atom stereocenters. The Labute approximate surface area is 94.0 Å². The number of nitrogens with zero attached hydrogens (tertiary/aromatic N) is 4. The zero-order chi connectivity index (χ0) is 11.4. The molecule has 2 rings (SSSR count). The Kier molecular flexibility index (Phi) is 2.95. The quantitative estimate of drug-likeness (QED) is 0.830. The molecule has 2 aromatic rings. The lowest BCUT2D eigenvalue weighted by atomic mass is 10.3. The van der Waals surface area contributed by atoms with E-state index in [2.05, 4.69) is 15.0 Å². The van der Waals surface area contributed by atoms with Gasteiger partial charge < -0.3 is 10.6 Å². The van der Waals surface area contributed by atoms with E-state index in [1.54, 1.807) is 12.3 Å². The standard InChI is InChI=1S/C11H13N5/c1-16(7-9-4-2-3-5-13-9)11-6-10(12)14-8-15-11/h2-6,8H,7H2,1H3,(H2,12,14,15). The van der Waals surface area contributed by atoms with Crippen LogP contribution in [0, 0.1) is 0 Å². The Bertz CT molecular complexity index is 457. The van der Waals surface area contributed by atoms with Gasteiger partial charge in [-0.05, 0) is 12.1 Å². The summed E-state index contributed by atoms with van der Waals surface area (Å²) in [5.41, 5.74) is 6.58. The molecule has 0 atom stereocenters. The van der Waals surface area contributed by atoms with Crippen molar-refractivity contribution in [2.24, 2.45) is 0 Å². The molecule has 2 heterocycles. The SMILES string of the molecule is CN(Cc1ccccn1)c1cc(N)ncn1. The minimum Gasteiger partial charge on any atom is -0.384 e. The molecule has 0 spiro atoms. The Balaban J connectivity index is 2.12. The van der Waals surface area contributed by atoms with E-state index in [4.69, 9.17) is 5.73 Å². The summed E-state index contributed by atoms with van der Waals surface area (Å²) in [6.07, 6.45) is 3.23. The third kappa shape index (κ3) is 2.44. The van der Waals surface area contributed by atoms with Gasteiger partial charge in [-0.25, -0.2) is 9.97 Å². The highest BCUT2D eigenvalue weighted by atomic mass is 15.2. The molecule has 0 saturated heterocycles. The van der Waals surface area contributed by atoms with Crippen LogP contribution in [0.4, 0.5) is 11.6 Å². The van der Waals surface area contributed by atoms with Crippen LogP contribution in [0.5, 0.6) is 0 Å². The summed E-state index contributed by atoms with van der Waals surface area (Å²) in [5.74, 6) is 1.26. The molecule has 2 aromatic heterocycles. The second-order valence-corrected chi connectivity index (χ2v) is 3.48. The first-order valence-corrected chi connectivity index (χ1v) is 4.94. The lowest BCUT2D eigenvalue weighted by Gasteiger charge is -2.17. The highest BCUT2D eigenvalue weighted by molar-refractivity contribution is 5.45. The summed E-state index contributed by atoms with van der Waals surface area (Å²) in [5, 5.41) is 0. The number of anilines is 2. The molecule has 5 nitrogen and oxygen atoms in total. The second-order valence-electron chi connectivity index (χ2n) is 3.48. The first-order chi connectivity index (χ1) is 7.75. The maximum atomic E-state index is 5.60. The van der Waals surface area contributed by atoms with Crippen LogP contribution in [0.25, 0.3) is 0 Å². The van der Waals surface area contributed by atoms with Gasteiger partial charge in [0.15, 0.2) is 0 Å². The molecule has 16 heavy (non-hydrogen) atoms. The van der Waals surface area contributed by atoms with E-state index in [-0.39, 0.29) is 0 Å². The van der Waals surface area contributed by atoms with Crippen LogP contribution in [0.1, 0.15) is 5.69 Å². The molecule has 0 aliphatic carbocycles. The Morgan fingerprint density at radius 3 is 2.81 bits per heavy atom. The van der Waals surface area contributed by atoms with Crippen LogP contribution in [0.3, 0.4) is 0 Å². The van der Waals surface area contributed by atoms with E-state index < -0.39 is 0 Å². The molecular formula is C11H13N5. The normalized spacial score (nSPS) is 10.1. The van der Waals surface area contributed by atoms with Crippen molar-refractivity contribution in [3.8, 4) is 0 Å². The molecule has 82 valence electrons. The van der Waals surface area contributed by atoms with Crippen LogP contribution in [0.2, 0.25) is 0 Å². The summed E-state index contributed by atoms with van der Waals surface area (Å²) in [6, 6.07) is 7.57. The highest BCUT2D eigenvalue weighted by Crippen LogP contribution is 2.12. The smallest absolute Gasteiger partial charge is 0.134 e. The molecule has 0 amide bonds. The largest absolute Gasteiger partial charge is 0.384 e. The summed E-state index contributed by atoms with van der Waals surface area (Å²) in [4.78, 5) is 14.2. The number of nitrogens with two attached hydrogens (primary N) is 1. The fraction of sp³-hybridized carbons (Fsp3) is 0.182. The molecule has 0 aromatic carbocycles. The van der Waals surface area contributed by atoms with Gasteiger partial charge in [0.25, 0.3) is 0 Å². The Morgan fingerprint density at radius 2 is 2.12 bits per heavy atom. The first-order valence-electron chi connectivity index (χ1n) is 4.94. The predicted octanol–water partition coefficient (Wildman–Crippen LogP) is 1.09. The number of aromatic nitrogens is 3. The van der Waals surface area contributed by atoms with Crippen molar-refractivity contribution in [2.45, 2.75) is 6.54 Å². The third-order valence-electron chi connectivity index (χ3n) is 2.19. The van der Waals surface area contributed by atoms with Gasteiger partial charge in [-0.2, -0.15) is 0 Å². The van der Waals surface area contributed by atoms with E-state index in [9.17, 15) is 0 Å². The topological polar surface area (TPSA) is 67.9 Å². The molecule has 5 heteroatoms. The minimum atomic E-state index is 0.470. The van der Waals surface area contributed by atoms with Gasteiger partial charge in [-0.3, -0.25) is 4.98 Å². The van der Waals surface area contributed by atoms with Crippen molar-refractivity contribution in [3.05, 3.63) is 42.5 Å². The average Bonchev–Trinajstić information content (AvgIpc) is 2.30. The van der Waals surface area contributed by atoms with Crippen LogP contribution < -0.4 is 10.6 Å². The van der Waals surface area contributed by atoms with Crippen LogP contribution in [-0.4, -0.2) is 22.0 Å². The van der Waals surface area contributed by atoms with Gasteiger partial charge in [-0.1, -0.05) is 6.07 Å². The number of hydrogen-bond donors (Lipinski definition) is 1. The van der Waals surface area contributed by atoms with E-state index in [0.717, 1.165) is 11.5 Å². The molecule has 0 radical (unpaired) electrons. The maximum absolute atomic E-state index is 5.60. The van der Waals surface area contributed by atoms with E-state index in [0.29, 0.717) is 12.4 Å². The lowest BCUT2D eigenvalue weighted by molar-refractivity contribution is 0.862. The molecule has 0 aliphatic rings. The summed E-state index contributed by atoms with van der Waals surface area (Å²) in [7, 11) is 1.94. The van der Waals surface area contributed by atoms with E-state index in [1.165, 1.54) is 6.33 Å². The van der Waals surface area contributed by atoms with Crippen molar-refractivity contribution >= 4 is 11.6 Å². The number of pyridine rings is 1. The van der Waals surface area contributed by atoms with Crippen LogP contribution in [-0.2, 0) is 6.54 Å². The lowest BCUT2D eigenvalue weighted by Crippen LogP contribution is -2.18. The monoisotopic (exact) mass is 215 g/mol. The Hall–Kier alpha value is -2.17. The predicted molar refractivity (Wildman–Crippen MR) is 62.8 cm³/mol. The van der Waals surface area contributed by atoms with Crippen molar-refractivity contribution in [1.29, 1.82) is 0 Å². The Morgan fingerprint density at radius 1 is 1.25 bits per heavy atom. The molecule has 0 aliphatic heterocycles. The summed E-state index contributed by atoms with van der Waals surface area (Å²) >= 11 is 0. The average molecular weight is 215 g/mol. The van der Waals surface area contributed by atoms with Crippen LogP contribution >= 0.6 is 0 Å². The van der Waals surface area contributed by atoms with Gasteiger partial charge in [0.1, 0.15) is 18.0 Å². The zero-order valence-electron chi connectivity index (χ0n) is 9.04.